The molecule has 2 aromatic carbocycles. The third-order valence-corrected chi connectivity index (χ3v) is 3.79. The van der Waals surface area contributed by atoms with Gasteiger partial charge >= 0.3 is 0 Å². The van der Waals surface area contributed by atoms with Gasteiger partial charge in [0, 0.05) is 17.4 Å². The summed E-state index contributed by atoms with van der Waals surface area (Å²) in [6.07, 6.45) is 6.84. The molecular weight excluding hydrogens is 298 g/mol. The highest BCUT2D eigenvalue weighted by molar-refractivity contribution is 5.65. The number of benzene rings is 2. The monoisotopic (exact) mass is 315 g/mol. The first-order valence-corrected chi connectivity index (χ1v) is 7.97. The summed E-state index contributed by atoms with van der Waals surface area (Å²) in [5.41, 5.74) is 3.97. The number of rotatable bonds is 0. The zero-order valence-electron chi connectivity index (χ0n) is 13.1. The topological polar surface area (TPSA) is 47.0 Å². The van der Waals surface area contributed by atoms with Gasteiger partial charge in [-0.1, -0.05) is 36.4 Å². The van der Waals surface area contributed by atoms with Crippen LogP contribution < -0.4 is 10.1 Å². The van der Waals surface area contributed by atoms with E-state index in [-0.39, 0.29) is 0 Å². The first-order chi connectivity index (χ1) is 11.9. The van der Waals surface area contributed by atoms with Gasteiger partial charge < -0.3 is 10.1 Å². The molecule has 2 heterocycles. The summed E-state index contributed by atoms with van der Waals surface area (Å²) in [5.74, 6) is 1.43. The molecule has 4 nitrogen and oxygen atoms in total. The number of nitrogens with one attached hydrogen (secondary N) is 1. The average molecular weight is 315 g/mol. The van der Waals surface area contributed by atoms with Crippen LogP contribution in [0.1, 0.15) is 12.0 Å². The molecule has 4 rings (SSSR count). The first-order valence-electron chi connectivity index (χ1n) is 7.97. The Morgan fingerprint density at radius 1 is 1.00 bits per heavy atom. The standard InChI is InChI=1S/C20H17N3O/c1-2-12-24-18-9-4-7-16(14-18)19-10-11-21-20(23-19)22-17-8-3-6-15(5-1)13-17/h1,3-11,13-14H,2,12H2,(H,21,22,23)/b5-1-. The first kappa shape index (κ1) is 14.5. The van der Waals surface area contributed by atoms with Crippen LogP contribution >= 0.6 is 0 Å². The molecule has 0 unspecified atom stereocenters. The fourth-order valence-corrected chi connectivity index (χ4v) is 2.64. The van der Waals surface area contributed by atoms with Crippen molar-refractivity contribution in [3.8, 4) is 17.0 Å². The highest BCUT2D eigenvalue weighted by atomic mass is 16.5. The average Bonchev–Trinajstić information content (AvgIpc) is 2.62. The Balaban J connectivity index is 1.77. The van der Waals surface area contributed by atoms with Crippen molar-refractivity contribution in [3.63, 3.8) is 0 Å². The third kappa shape index (κ3) is 3.27. The van der Waals surface area contributed by atoms with Crippen LogP contribution in [0.5, 0.6) is 5.75 Å². The molecule has 1 aliphatic heterocycles. The predicted molar refractivity (Wildman–Crippen MR) is 96.3 cm³/mol. The molecule has 0 amide bonds. The van der Waals surface area contributed by atoms with E-state index in [4.69, 9.17) is 4.74 Å². The van der Waals surface area contributed by atoms with Gasteiger partial charge in [0.1, 0.15) is 5.75 Å². The summed E-state index contributed by atoms with van der Waals surface area (Å²) in [5, 5.41) is 3.27. The largest absolute Gasteiger partial charge is 0.493 e. The second kappa shape index (κ2) is 6.54. The number of hydrogen-bond acceptors (Lipinski definition) is 4. The van der Waals surface area contributed by atoms with Crippen LogP contribution in [0.15, 0.2) is 66.9 Å². The van der Waals surface area contributed by atoms with Crippen molar-refractivity contribution in [1.29, 1.82) is 0 Å². The van der Waals surface area contributed by atoms with Crippen LogP contribution in [0.4, 0.5) is 11.6 Å². The molecule has 0 radical (unpaired) electrons. The van der Waals surface area contributed by atoms with E-state index in [2.05, 4.69) is 39.6 Å². The summed E-state index contributed by atoms with van der Waals surface area (Å²) >= 11 is 0. The molecule has 1 aromatic heterocycles. The normalized spacial score (nSPS) is 14.5. The van der Waals surface area contributed by atoms with Gasteiger partial charge in [-0.15, -0.1) is 0 Å². The predicted octanol–water partition coefficient (Wildman–Crippen LogP) is 4.68. The van der Waals surface area contributed by atoms with E-state index >= 15 is 0 Å². The SMILES string of the molecule is C1=C\c2cccc(c2)Nc2nccc(n2)-c2cccc(c2)OCC/1. The molecule has 3 aromatic rings. The van der Waals surface area contributed by atoms with Crippen LogP contribution in [-0.4, -0.2) is 16.6 Å². The zero-order valence-corrected chi connectivity index (χ0v) is 13.1. The molecule has 0 aliphatic carbocycles. The molecule has 4 heteroatoms. The van der Waals surface area contributed by atoms with E-state index < -0.39 is 0 Å². The van der Waals surface area contributed by atoms with Crippen molar-refractivity contribution in [2.24, 2.45) is 0 Å². The van der Waals surface area contributed by atoms with Gasteiger partial charge in [0.15, 0.2) is 0 Å². The number of fused-ring (bicyclic) bond motifs is 7. The van der Waals surface area contributed by atoms with Gasteiger partial charge in [-0.2, -0.15) is 0 Å². The van der Waals surface area contributed by atoms with Gasteiger partial charge in [0.25, 0.3) is 0 Å². The highest BCUT2D eigenvalue weighted by Crippen LogP contribution is 2.24. The molecule has 0 fully saturated rings. The van der Waals surface area contributed by atoms with E-state index in [0.29, 0.717) is 12.6 Å². The van der Waals surface area contributed by atoms with Crippen LogP contribution in [0.25, 0.3) is 17.3 Å². The maximum absolute atomic E-state index is 5.84. The van der Waals surface area contributed by atoms with Crippen molar-refractivity contribution in [3.05, 3.63) is 72.4 Å². The lowest BCUT2D eigenvalue weighted by molar-refractivity contribution is 0.325. The van der Waals surface area contributed by atoms with Crippen molar-refractivity contribution >= 4 is 17.7 Å². The van der Waals surface area contributed by atoms with Crippen molar-refractivity contribution in [1.82, 2.24) is 9.97 Å². The van der Waals surface area contributed by atoms with E-state index in [1.165, 1.54) is 0 Å². The minimum absolute atomic E-state index is 0.579. The molecule has 24 heavy (non-hydrogen) atoms. The lowest BCUT2D eigenvalue weighted by atomic mass is 10.1. The van der Waals surface area contributed by atoms with Crippen molar-refractivity contribution in [2.75, 3.05) is 11.9 Å². The van der Waals surface area contributed by atoms with Crippen LogP contribution in [0.3, 0.4) is 0 Å². The number of aromatic nitrogens is 2. The lowest BCUT2D eigenvalue weighted by Gasteiger charge is -2.08. The second-order valence-corrected chi connectivity index (χ2v) is 5.58. The Kier molecular flexibility index (Phi) is 3.94. The highest BCUT2D eigenvalue weighted by Gasteiger charge is 2.05. The maximum Gasteiger partial charge on any atom is 0.227 e. The van der Waals surface area contributed by atoms with Crippen LogP contribution in [-0.2, 0) is 0 Å². The summed E-state index contributed by atoms with van der Waals surface area (Å²) in [6, 6.07) is 18.1. The molecular formula is C20H17N3O. The molecule has 6 bridgehead atoms. The van der Waals surface area contributed by atoms with Gasteiger partial charge in [-0.05, 0) is 42.3 Å². The molecule has 1 N–H and O–H groups in total. The summed E-state index contributed by atoms with van der Waals surface area (Å²) in [6.45, 7) is 0.646. The summed E-state index contributed by atoms with van der Waals surface area (Å²) < 4.78 is 5.84. The summed E-state index contributed by atoms with van der Waals surface area (Å²) in [4.78, 5) is 8.93. The molecule has 0 saturated carbocycles. The van der Waals surface area contributed by atoms with Crippen molar-refractivity contribution in [2.45, 2.75) is 6.42 Å². The van der Waals surface area contributed by atoms with Gasteiger partial charge in [0.05, 0.1) is 12.3 Å². The van der Waals surface area contributed by atoms with Crippen molar-refractivity contribution < 1.29 is 4.74 Å². The number of hydrogen-bond donors (Lipinski definition) is 1. The van der Waals surface area contributed by atoms with E-state index in [1.54, 1.807) is 6.20 Å². The molecule has 0 spiro atoms. The van der Waals surface area contributed by atoms with Gasteiger partial charge in [-0.25, -0.2) is 9.97 Å². The molecule has 0 saturated heterocycles. The number of nitrogens with zero attached hydrogens (tertiary/aromatic N) is 2. The molecule has 1 aliphatic rings. The molecule has 0 atom stereocenters. The third-order valence-electron chi connectivity index (χ3n) is 3.79. The second-order valence-electron chi connectivity index (χ2n) is 5.58. The van der Waals surface area contributed by atoms with E-state index in [0.717, 1.165) is 34.7 Å². The minimum Gasteiger partial charge on any atom is -0.493 e. The quantitative estimate of drug-likeness (QED) is 0.654. The Bertz CT molecular complexity index is 889. The van der Waals surface area contributed by atoms with Crippen LogP contribution in [0, 0.1) is 0 Å². The Labute approximate surface area is 140 Å². The van der Waals surface area contributed by atoms with E-state index in [1.807, 2.05) is 42.5 Å². The zero-order chi connectivity index (χ0) is 16.2. The van der Waals surface area contributed by atoms with Crippen LogP contribution in [0.2, 0.25) is 0 Å². The summed E-state index contributed by atoms with van der Waals surface area (Å²) in [7, 11) is 0. The van der Waals surface area contributed by atoms with E-state index in [9.17, 15) is 0 Å². The fraction of sp³-hybridized carbons (Fsp3) is 0.100. The minimum atomic E-state index is 0.579. The Hall–Kier alpha value is -3.14. The number of ether oxygens (including phenoxy) is 1. The van der Waals surface area contributed by atoms with Gasteiger partial charge in [0.2, 0.25) is 5.95 Å². The fourth-order valence-electron chi connectivity index (χ4n) is 2.64. The maximum atomic E-state index is 5.84. The Morgan fingerprint density at radius 3 is 2.96 bits per heavy atom. The van der Waals surface area contributed by atoms with Gasteiger partial charge in [-0.3, -0.25) is 0 Å². The number of anilines is 2. The molecule has 118 valence electrons. The Morgan fingerprint density at radius 2 is 1.96 bits per heavy atom. The lowest BCUT2D eigenvalue weighted by Crippen LogP contribution is -1.98. The smallest absolute Gasteiger partial charge is 0.227 e.